The first-order valence-corrected chi connectivity index (χ1v) is 6.25. The van der Waals surface area contributed by atoms with E-state index < -0.39 is 0 Å². The van der Waals surface area contributed by atoms with Crippen LogP contribution in [-0.4, -0.2) is 26.2 Å². The van der Waals surface area contributed by atoms with Gasteiger partial charge in [-0.25, -0.2) is 0 Å². The van der Waals surface area contributed by atoms with E-state index in [4.69, 9.17) is 9.47 Å². The van der Waals surface area contributed by atoms with Crippen LogP contribution in [-0.2, 0) is 4.79 Å². The van der Waals surface area contributed by atoms with Crippen LogP contribution in [0.3, 0.4) is 0 Å². The number of benzene rings is 1. The highest BCUT2D eigenvalue weighted by atomic mass is 16.5. The third-order valence-electron chi connectivity index (χ3n) is 3.18. The maximum absolute atomic E-state index is 11.5. The number of hydrogen-bond donors (Lipinski definition) is 1. The molecular weight excluding hydrogens is 230 g/mol. The fourth-order valence-corrected chi connectivity index (χ4v) is 1.83. The van der Waals surface area contributed by atoms with Crippen LogP contribution in [0.15, 0.2) is 24.3 Å². The maximum Gasteiger partial charge on any atom is 0.223 e. The van der Waals surface area contributed by atoms with Crippen LogP contribution in [0.4, 0.5) is 0 Å². The maximum atomic E-state index is 11.5. The lowest BCUT2D eigenvalue weighted by Crippen LogP contribution is -2.29. The molecule has 1 saturated carbocycles. The SMILES string of the molecule is COc1ccc(OCCNC(=O)C2CC2C)cc1. The van der Waals surface area contributed by atoms with Gasteiger partial charge in [0.05, 0.1) is 13.7 Å². The Morgan fingerprint density at radius 3 is 2.50 bits per heavy atom. The molecule has 0 radical (unpaired) electrons. The van der Waals surface area contributed by atoms with Crippen molar-refractivity contribution < 1.29 is 14.3 Å². The van der Waals surface area contributed by atoms with Gasteiger partial charge in [0.2, 0.25) is 5.91 Å². The summed E-state index contributed by atoms with van der Waals surface area (Å²) < 4.78 is 10.6. The summed E-state index contributed by atoms with van der Waals surface area (Å²) in [5.41, 5.74) is 0. The zero-order valence-corrected chi connectivity index (χ0v) is 10.8. The molecule has 0 spiro atoms. The highest BCUT2D eigenvalue weighted by molar-refractivity contribution is 5.81. The molecule has 1 aromatic carbocycles. The fraction of sp³-hybridized carbons (Fsp3) is 0.500. The van der Waals surface area contributed by atoms with Gasteiger partial charge in [0.1, 0.15) is 18.1 Å². The number of methoxy groups -OCH3 is 1. The molecule has 4 heteroatoms. The van der Waals surface area contributed by atoms with E-state index in [2.05, 4.69) is 12.2 Å². The second kappa shape index (κ2) is 5.76. The van der Waals surface area contributed by atoms with Gasteiger partial charge in [-0.05, 0) is 36.6 Å². The molecule has 1 fully saturated rings. The Hall–Kier alpha value is -1.71. The quantitative estimate of drug-likeness (QED) is 0.783. The molecule has 2 rings (SSSR count). The standard InChI is InChI=1S/C14H19NO3/c1-10-9-13(10)14(16)15-7-8-18-12-5-3-11(17-2)4-6-12/h3-6,10,13H,7-9H2,1-2H3,(H,15,16). The summed E-state index contributed by atoms with van der Waals surface area (Å²) in [4.78, 5) is 11.5. The number of hydrogen-bond acceptors (Lipinski definition) is 3. The summed E-state index contributed by atoms with van der Waals surface area (Å²) in [5.74, 6) is 2.52. The van der Waals surface area contributed by atoms with Crippen molar-refractivity contribution in [2.75, 3.05) is 20.3 Å². The number of ether oxygens (including phenoxy) is 2. The van der Waals surface area contributed by atoms with Crippen molar-refractivity contribution in [1.29, 1.82) is 0 Å². The summed E-state index contributed by atoms with van der Waals surface area (Å²) in [6, 6.07) is 7.40. The normalized spacial score (nSPS) is 21.2. The smallest absolute Gasteiger partial charge is 0.223 e. The predicted octanol–water partition coefficient (Wildman–Crippen LogP) is 1.85. The van der Waals surface area contributed by atoms with Crippen molar-refractivity contribution >= 4 is 5.91 Å². The van der Waals surface area contributed by atoms with E-state index in [0.29, 0.717) is 19.1 Å². The lowest BCUT2D eigenvalue weighted by Gasteiger charge is -2.08. The summed E-state index contributed by atoms with van der Waals surface area (Å²) in [6.07, 6.45) is 1.02. The van der Waals surface area contributed by atoms with Crippen molar-refractivity contribution in [2.45, 2.75) is 13.3 Å². The number of carbonyl (C=O) groups excluding carboxylic acids is 1. The molecule has 2 unspecified atom stereocenters. The lowest BCUT2D eigenvalue weighted by atomic mass is 10.3. The van der Waals surface area contributed by atoms with E-state index in [-0.39, 0.29) is 11.8 Å². The van der Waals surface area contributed by atoms with Crippen LogP contribution in [0, 0.1) is 11.8 Å². The molecular formula is C14H19NO3. The van der Waals surface area contributed by atoms with Crippen LogP contribution in [0.1, 0.15) is 13.3 Å². The number of carbonyl (C=O) groups is 1. The fourth-order valence-electron chi connectivity index (χ4n) is 1.83. The average molecular weight is 249 g/mol. The zero-order valence-electron chi connectivity index (χ0n) is 10.8. The Bertz CT molecular complexity index is 402. The van der Waals surface area contributed by atoms with Crippen molar-refractivity contribution in [2.24, 2.45) is 11.8 Å². The molecule has 18 heavy (non-hydrogen) atoms. The first-order chi connectivity index (χ1) is 8.70. The van der Waals surface area contributed by atoms with Crippen LogP contribution >= 0.6 is 0 Å². The Labute approximate surface area is 107 Å². The Morgan fingerprint density at radius 2 is 1.94 bits per heavy atom. The van der Waals surface area contributed by atoms with Gasteiger partial charge in [0, 0.05) is 5.92 Å². The van der Waals surface area contributed by atoms with E-state index in [1.807, 2.05) is 24.3 Å². The van der Waals surface area contributed by atoms with E-state index in [0.717, 1.165) is 17.9 Å². The average Bonchev–Trinajstić information content (AvgIpc) is 3.12. The molecule has 0 heterocycles. The molecule has 1 aliphatic rings. The topological polar surface area (TPSA) is 47.6 Å². The summed E-state index contributed by atoms with van der Waals surface area (Å²) in [5, 5.41) is 2.88. The van der Waals surface area contributed by atoms with E-state index in [1.54, 1.807) is 7.11 Å². The van der Waals surface area contributed by atoms with Crippen molar-refractivity contribution in [3.05, 3.63) is 24.3 Å². The van der Waals surface area contributed by atoms with Gasteiger partial charge in [0.25, 0.3) is 0 Å². The van der Waals surface area contributed by atoms with Crippen LogP contribution in [0.2, 0.25) is 0 Å². The van der Waals surface area contributed by atoms with Gasteiger partial charge >= 0.3 is 0 Å². The molecule has 1 amide bonds. The molecule has 0 aromatic heterocycles. The monoisotopic (exact) mass is 249 g/mol. The largest absolute Gasteiger partial charge is 0.497 e. The Morgan fingerprint density at radius 1 is 1.33 bits per heavy atom. The number of nitrogens with one attached hydrogen (secondary N) is 1. The van der Waals surface area contributed by atoms with Crippen LogP contribution < -0.4 is 14.8 Å². The Kier molecular flexibility index (Phi) is 4.07. The van der Waals surface area contributed by atoms with Crippen LogP contribution in [0.25, 0.3) is 0 Å². The van der Waals surface area contributed by atoms with Gasteiger partial charge in [-0.1, -0.05) is 6.92 Å². The summed E-state index contributed by atoms with van der Waals surface area (Å²) in [7, 11) is 1.63. The molecule has 0 saturated heterocycles. The molecule has 1 N–H and O–H groups in total. The number of rotatable bonds is 6. The molecule has 98 valence electrons. The highest BCUT2D eigenvalue weighted by Crippen LogP contribution is 2.37. The number of amides is 1. The van der Waals surface area contributed by atoms with Crippen molar-refractivity contribution in [1.82, 2.24) is 5.32 Å². The Balaban J connectivity index is 1.64. The van der Waals surface area contributed by atoms with E-state index in [9.17, 15) is 4.79 Å². The highest BCUT2D eigenvalue weighted by Gasteiger charge is 2.38. The van der Waals surface area contributed by atoms with Gasteiger partial charge < -0.3 is 14.8 Å². The first kappa shape index (κ1) is 12.7. The minimum absolute atomic E-state index is 0.154. The van der Waals surface area contributed by atoms with E-state index in [1.165, 1.54) is 0 Å². The second-order valence-electron chi connectivity index (χ2n) is 4.63. The third-order valence-corrected chi connectivity index (χ3v) is 3.18. The molecule has 0 bridgehead atoms. The summed E-state index contributed by atoms with van der Waals surface area (Å²) >= 11 is 0. The van der Waals surface area contributed by atoms with Crippen LogP contribution in [0.5, 0.6) is 11.5 Å². The van der Waals surface area contributed by atoms with Crippen molar-refractivity contribution in [3.8, 4) is 11.5 Å². The van der Waals surface area contributed by atoms with Gasteiger partial charge in [-0.2, -0.15) is 0 Å². The third kappa shape index (κ3) is 3.39. The molecule has 2 atom stereocenters. The zero-order chi connectivity index (χ0) is 13.0. The summed E-state index contributed by atoms with van der Waals surface area (Å²) in [6.45, 7) is 3.13. The van der Waals surface area contributed by atoms with Gasteiger partial charge in [-0.15, -0.1) is 0 Å². The minimum Gasteiger partial charge on any atom is -0.497 e. The predicted molar refractivity (Wildman–Crippen MR) is 68.8 cm³/mol. The van der Waals surface area contributed by atoms with E-state index >= 15 is 0 Å². The van der Waals surface area contributed by atoms with Crippen molar-refractivity contribution in [3.63, 3.8) is 0 Å². The first-order valence-electron chi connectivity index (χ1n) is 6.25. The molecule has 1 aromatic rings. The van der Waals surface area contributed by atoms with Gasteiger partial charge in [-0.3, -0.25) is 4.79 Å². The second-order valence-corrected chi connectivity index (χ2v) is 4.63. The lowest BCUT2D eigenvalue weighted by molar-refractivity contribution is -0.122. The van der Waals surface area contributed by atoms with Gasteiger partial charge in [0.15, 0.2) is 0 Å². The molecule has 0 aliphatic heterocycles. The minimum atomic E-state index is 0.154. The molecule has 1 aliphatic carbocycles. The molecule has 4 nitrogen and oxygen atoms in total.